The van der Waals surface area contributed by atoms with Crippen LogP contribution in [0.3, 0.4) is 0 Å². The highest BCUT2D eigenvalue weighted by Crippen LogP contribution is 2.24. The molecule has 1 unspecified atom stereocenters. The van der Waals surface area contributed by atoms with E-state index in [0.717, 1.165) is 30.3 Å². The maximum atomic E-state index is 5.30. The Hall–Kier alpha value is -0.800. The Morgan fingerprint density at radius 1 is 1.15 bits per heavy atom. The average molecular weight is 353 g/mol. The third-order valence-corrected chi connectivity index (χ3v) is 5.60. The molecule has 108 valence electrons. The molecule has 2 rings (SSSR count). The van der Waals surface area contributed by atoms with Gasteiger partial charge in [0.15, 0.2) is 0 Å². The van der Waals surface area contributed by atoms with Crippen molar-refractivity contribution in [3.63, 3.8) is 0 Å². The highest BCUT2D eigenvalue weighted by atomic mass is 79.9. The number of ether oxygens (including phenoxy) is 1. The van der Waals surface area contributed by atoms with Crippen LogP contribution in [0.4, 0.5) is 0 Å². The van der Waals surface area contributed by atoms with Crippen molar-refractivity contribution >= 4 is 27.3 Å². The molecule has 0 amide bonds. The Kier molecular flexibility index (Phi) is 6.11. The van der Waals surface area contributed by atoms with Crippen LogP contribution in [0.1, 0.15) is 22.2 Å². The van der Waals surface area contributed by atoms with Gasteiger partial charge in [-0.25, -0.2) is 0 Å². The lowest BCUT2D eigenvalue weighted by atomic mass is 9.97. The molecule has 0 fully saturated rings. The van der Waals surface area contributed by atoms with Gasteiger partial charge in [-0.15, -0.1) is 11.3 Å². The maximum Gasteiger partial charge on any atom is 0.119 e. The minimum absolute atomic E-state index is 0.630. The zero-order valence-electron chi connectivity index (χ0n) is 12.1. The second-order valence-electron chi connectivity index (χ2n) is 5.00. The quantitative estimate of drug-likeness (QED) is 0.628. The third kappa shape index (κ3) is 4.35. The normalized spacial score (nSPS) is 12.3. The third-order valence-electron chi connectivity index (χ3n) is 3.43. The zero-order chi connectivity index (χ0) is 14.4. The average Bonchev–Trinajstić information content (AvgIpc) is 2.94. The highest BCUT2D eigenvalue weighted by molar-refractivity contribution is 9.09. The van der Waals surface area contributed by atoms with Gasteiger partial charge in [0, 0.05) is 15.1 Å². The van der Waals surface area contributed by atoms with Gasteiger partial charge in [0.1, 0.15) is 5.75 Å². The van der Waals surface area contributed by atoms with Crippen molar-refractivity contribution in [1.82, 2.24) is 0 Å². The molecular weight excluding hydrogens is 332 g/mol. The van der Waals surface area contributed by atoms with E-state index in [0.29, 0.717) is 5.92 Å². The molecule has 1 aromatic heterocycles. The summed E-state index contributed by atoms with van der Waals surface area (Å²) in [6.45, 7) is 2.22. The predicted molar refractivity (Wildman–Crippen MR) is 91.4 cm³/mol. The van der Waals surface area contributed by atoms with E-state index in [4.69, 9.17) is 4.74 Å². The van der Waals surface area contributed by atoms with Crippen LogP contribution >= 0.6 is 27.3 Å². The van der Waals surface area contributed by atoms with Gasteiger partial charge in [-0.2, -0.15) is 0 Å². The number of aryl methyl sites for hydroxylation is 1. The minimum Gasteiger partial charge on any atom is -0.497 e. The van der Waals surface area contributed by atoms with Gasteiger partial charge in [-0.05, 0) is 55.0 Å². The van der Waals surface area contributed by atoms with E-state index in [1.165, 1.54) is 15.3 Å². The van der Waals surface area contributed by atoms with E-state index in [-0.39, 0.29) is 0 Å². The molecule has 0 N–H and O–H groups in total. The second-order valence-corrected chi connectivity index (χ2v) is 6.90. The van der Waals surface area contributed by atoms with Crippen LogP contribution in [0.25, 0.3) is 0 Å². The Morgan fingerprint density at radius 2 is 1.95 bits per heavy atom. The number of methoxy groups -OCH3 is 1. The van der Waals surface area contributed by atoms with Crippen LogP contribution in [0, 0.1) is 5.92 Å². The Balaban J connectivity index is 2.00. The van der Waals surface area contributed by atoms with Crippen LogP contribution in [-0.2, 0) is 19.3 Å². The fraction of sp³-hybridized carbons (Fsp3) is 0.412. The van der Waals surface area contributed by atoms with Crippen molar-refractivity contribution in [3.05, 3.63) is 51.7 Å². The summed E-state index contributed by atoms with van der Waals surface area (Å²) in [5.74, 6) is 1.57. The molecule has 0 bridgehead atoms. The van der Waals surface area contributed by atoms with Gasteiger partial charge >= 0.3 is 0 Å². The van der Waals surface area contributed by atoms with Gasteiger partial charge in [0.25, 0.3) is 0 Å². The first kappa shape index (κ1) is 15.6. The van der Waals surface area contributed by atoms with Crippen LogP contribution in [0.5, 0.6) is 5.75 Å². The van der Waals surface area contributed by atoms with E-state index in [1.807, 2.05) is 17.4 Å². The number of thiophene rings is 1. The first-order valence-corrected chi connectivity index (χ1v) is 8.95. The van der Waals surface area contributed by atoms with Crippen molar-refractivity contribution in [1.29, 1.82) is 0 Å². The monoisotopic (exact) mass is 352 g/mol. The van der Waals surface area contributed by atoms with Crippen molar-refractivity contribution in [3.8, 4) is 5.75 Å². The van der Waals surface area contributed by atoms with Crippen LogP contribution in [-0.4, -0.2) is 12.4 Å². The minimum atomic E-state index is 0.630. The first-order chi connectivity index (χ1) is 9.75. The van der Waals surface area contributed by atoms with Crippen molar-refractivity contribution in [2.24, 2.45) is 5.92 Å². The standard InChI is InChI=1S/C17H21BrOS/c1-3-16-7-8-17(20-16)11-14(12-18)9-13-5-4-6-15(10-13)19-2/h4-8,10,14H,3,9,11-12H2,1-2H3. The Labute approximate surface area is 134 Å². The molecule has 2 aromatic rings. The fourth-order valence-corrected chi connectivity index (χ4v) is 3.85. The molecule has 1 atom stereocenters. The molecular formula is C17H21BrOS. The maximum absolute atomic E-state index is 5.30. The molecule has 1 aromatic carbocycles. The Morgan fingerprint density at radius 3 is 2.60 bits per heavy atom. The number of rotatable bonds is 7. The molecule has 0 aliphatic heterocycles. The van der Waals surface area contributed by atoms with Crippen molar-refractivity contribution in [2.75, 3.05) is 12.4 Å². The van der Waals surface area contributed by atoms with Crippen LogP contribution < -0.4 is 4.74 Å². The van der Waals surface area contributed by atoms with E-state index in [9.17, 15) is 0 Å². The highest BCUT2D eigenvalue weighted by Gasteiger charge is 2.11. The number of hydrogen-bond donors (Lipinski definition) is 0. The van der Waals surface area contributed by atoms with Gasteiger partial charge in [-0.3, -0.25) is 0 Å². The summed E-state index contributed by atoms with van der Waals surface area (Å²) in [6.07, 6.45) is 3.37. The van der Waals surface area contributed by atoms with Gasteiger partial charge in [0.2, 0.25) is 0 Å². The van der Waals surface area contributed by atoms with E-state index in [2.05, 4.69) is 53.2 Å². The van der Waals surface area contributed by atoms with Crippen molar-refractivity contribution in [2.45, 2.75) is 26.2 Å². The lowest BCUT2D eigenvalue weighted by Crippen LogP contribution is -2.09. The van der Waals surface area contributed by atoms with Crippen LogP contribution in [0.2, 0.25) is 0 Å². The molecule has 0 saturated carbocycles. The van der Waals surface area contributed by atoms with E-state index < -0.39 is 0 Å². The molecule has 20 heavy (non-hydrogen) atoms. The number of hydrogen-bond acceptors (Lipinski definition) is 2. The SMILES string of the molecule is CCc1ccc(CC(CBr)Cc2cccc(OC)c2)s1. The molecule has 0 aliphatic carbocycles. The summed E-state index contributed by atoms with van der Waals surface area (Å²) < 4.78 is 5.30. The molecule has 1 heterocycles. The fourth-order valence-electron chi connectivity index (χ4n) is 2.32. The van der Waals surface area contributed by atoms with E-state index in [1.54, 1.807) is 7.11 Å². The number of halogens is 1. The summed E-state index contributed by atoms with van der Waals surface area (Å²) in [4.78, 5) is 2.98. The predicted octanol–water partition coefficient (Wildman–Crippen LogP) is 5.12. The lowest BCUT2D eigenvalue weighted by molar-refractivity contribution is 0.414. The van der Waals surface area contributed by atoms with Crippen LogP contribution in [0.15, 0.2) is 36.4 Å². The topological polar surface area (TPSA) is 9.23 Å². The molecule has 3 heteroatoms. The summed E-state index contributed by atoms with van der Waals surface area (Å²) >= 11 is 5.61. The molecule has 1 nitrogen and oxygen atoms in total. The smallest absolute Gasteiger partial charge is 0.119 e. The molecule has 0 saturated heterocycles. The summed E-state index contributed by atoms with van der Waals surface area (Å²) in [5, 5.41) is 1.03. The second kappa shape index (κ2) is 7.84. The molecule has 0 spiro atoms. The van der Waals surface area contributed by atoms with Gasteiger partial charge in [-0.1, -0.05) is 35.0 Å². The first-order valence-electron chi connectivity index (χ1n) is 7.01. The van der Waals surface area contributed by atoms with Gasteiger partial charge < -0.3 is 4.74 Å². The lowest BCUT2D eigenvalue weighted by Gasteiger charge is -2.13. The zero-order valence-corrected chi connectivity index (χ0v) is 14.5. The van der Waals surface area contributed by atoms with E-state index >= 15 is 0 Å². The summed E-state index contributed by atoms with van der Waals surface area (Å²) in [7, 11) is 1.72. The number of alkyl halides is 1. The molecule has 0 radical (unpaired) electrons. The Bertz CT molecular complexity index is 535. The summed E-state index contributed by atoms with van der Waals surface area (Å²) in [6, 6.07) is 12.9. The van der Waals surface area contributed by atoms with Gasteiger partial charge in [0.05, 0.1) is 7.11 Å². The van der Waals surface area contributed by atoms with Crippen molar-refractivity contribution < 1.29 is 4.74 Å². The number of benzene rings is 1. The largest absolute Gasteiger partial charge is 0.497 e. The summed E-state index contributed by atoms with van der Waals surface area (Å²) in [5.41, 5.74) is 1.35. The molecule has 0 aliphatic rings.